The highest BCUT2D eigenvalue weighted by atomic mass is 16.5. The van der Waals surface area contributed by atoms with Crippen LogP contribution in [0.15, 0.2) is 13.2 Å². The van der Waals surface area contributed by atoms with Crippen molar-refractivity contribution in [3.8, 4) is 0 Å². The molecule has 2 aliphatic rings. The van der Waals surface area contributed by atoms with E-state index in [4.69, 9.17) is 4.74 Å². The molecule has 1 saturated heterocycles. The van der Waals surface area contributed by atoms with E-state index in [-0.39, 0.29) is 11.8 Å². The predicted octanol–water partition coefficient (Wildman–Crippen LogP) is 1.47. The second-order valence-electron chi connectivity index (χ2n) is 3.38. The first-order valence-corrected chi connectivity index (χ1v) is 4.42. The van der Waals surface area contributed by atoms with Crippen molar-refractivity contribution >= 4 is 11.8 Å². The Morgan fingerprint density at radius 3 is 2.31 bits per heavy atom. The zero-order chi connectivity index (χ0) is 9.90. The molecule has 0 aromatic rings. The van der Waals surface area contributed by atoms with E-state index in [9.17, 15) is 9.59 Å². The highest BCUT2D eigenvalue weighted by Crippen LogP contribution is 2.43. The largest absolute Gasteiger partial charge is 0.465 e. The van der Waals surface area contributed by atoms with E-state index in [1.54, 1.807) is 0 Å². The van der Waals surface area contributed by atoms with E-state index in [2.05, 4.69) is 13.2 Å². The lowest BCUT2D eigenvalue weighted by Crippen LogP contribution is -2.22. The molecule has 0 aromatic heterocycles. The molecule has 13 heavy (non-hydrogen) atoms. The van der Waals surface area contributed by atoms with Gasteiger partial charge >= 0.3 is 5.97 Å². The van der Waals surface area contributed by atoms with Crippen LogP contribution >= 0.6 is 0 Å². The molecular formula is C10H14O3. The first-order chi connectivity index (χ1) is 6.23. The van der Waals surface area contributed by atoms with Crippen LogP contribution in [0.5, 0.6) is 0 Å². The Morgan fingerprint density at radius 1 is 1.23 bits per heavy atom. The number of ketones is 1. The van der Waals surface area contributed by atoms with Crippen LogP contribution in [0.3, 0.4) is 0 Å². The zero-order valence-electron chi connectivity index (χ0n) is 7.67. The molecule has 72 valence electrons. The van der Waals surface area contributed by atoms with Gasteiger partial charge < -0.3 is 4.74 Å². The van der Waals surface area contributed by atoms with Gasteiger partial charge in [-0.25, -0.2) is 0 Å². The molecule has 1 spiro atoms. The zero-order valence-corrected chi connectivity index (χ0v) is 7.67. The van der Waals surface area contributed by atoms with E-state index in [1.165, 1.54) is 0 Å². The molecular weight excluding hydrogens is 168 g/mol. The number of hydrogen-bond donors (Lipinski definition) is 0. The van der Waals surface area contributed by atoms with Crippen molar-refractivity contribution in [2.24, 2.45) is 5.41 Å². The predicted molar refractivity (Wildman–Crippen MR) is 48.1 cm³/mol. The number of esters is 1. The summed E-state index contributed by atoms with van der Waals surface area (Å²) in [6, 6.07) is 0. The number of carbonyl (C=O) groups excluding carboxylic acids is 2. The average Bonchev–Trinajstić information content (AvgIpc) is 2.67. The molecule has 0 N–H and O–H groups in total. The summed E-state index contributed by atoms with van der Waals surface area (Å²) in [5.74, 6) is 0.0622. The second kappa shape index (κ2) is 3.73. The van der Waals surface area contributed by atoms with Crippen molar-refractivity contribution in [2.75, 3.05) is 6.61 Å². The van der Waals surface area contributed by atoms with Crippen LogP contribution in [0, 0.1) is 5.41 Å². The first kappa shape index (κ1) is 9.96. The van der Waals surface area contributed by atoms with E-state index in [0.29, 0.717) is 25.9 Å². The molecule has 1 unspecified atom stereocenters. The van der Waals surface area contributed by atoms with Gasteiger partial charge in [0.2, 0.25) is 0 Å². The van der Waals surface area contributed by atoms with Gasteiger partial charge in [0.05, 0.1) is 12.0 Å². The molecule has 3 heteroatoms. The molecule has 0 radical (unpaired) electrons. The standard InChI is InChI=1S/C8H10O3.C2H4/c9-6-1-2-8(5-6)3-4-11-7(8)10;1-2/h1-5H2;1-2H2. The third-order valence-corrected chi connectivity index (χ3v) is 2.66. The van der Waals surface area contributed by atoms with Crippen LogP contribution in [0.1, 0.15) is 25.7 Å². The van der Waals surface area contributed by atoms with Crippen LogP contribution in [0.4, 0.5) is 0 Å². The second-order valence-corrected chi connectivity index (χ2v) is 3.38. The fourth-order valence-corrected chi connectivity index (χ4v) is 1.91. The lowest BCUT2D eigenvalue weighted by Gasteiger charge is -2.14. The van der Waals surface area contributed by atoms with Crippen molar-refractivity contribution in [2.45, 2.75) is 25.7 Å². The summed E-state index contributed by atoms with van der Waals surface area (Å²) in [5, 5.41) is 0. The van der Waals surface area contributed by atoms with Crippen molar-refractivity contribution in [3.05, 3.63) is 13.2 Å². The minimum absolute atomic E-state index is 0.150. The SMILES string of the molecule is C=C.O=C1CCC2(CCOC2=O)C1. The summed E-state index contributed by atoms with van der Waals surface area (Å²) >= 11 is 0. The Hall–Kier alpha value is -1.12. The molecule has 1 aliphatic heterocycles. The molecule has 2 rings (SSSR count). The Kier molecular flexibility index (Phi) is 2.86. The van der Waals surface area contributed by atoms with Crippen molar-refractivity contribution in [1.29, 1.82) is 0 Å². The third-order valence-electron chi connectivity index (χ3n) is 2.66. The number of cyclic esters (lactones) is 1. The topological polar surface area (TPSA) is 43.4 Å². The molecule has 0 aromatic carbocycles. The molecule has 2 fully saturated rings. The normalized spacial score (nSPS) is 31.4. The average molecular weight is 182 g/mol. The minimum atomic E-state index is -0.392. The van der Waals surface area contributed by atoms with Gasteiger partial charge in [-0.1, -0.05) is 0 Å². The summed E-state index contributed by atoms with van der Waals surface area (Å²) in [6.45, 7) is 6.51. The van der Waals surface area contributed by atoms with Gasteiger partial charge in [0.15, 0.2) is 0 Å². The molecule has 3 nitrogen and oxygen atoms in total. The lowest BCUT2D eigenvalue weighted by atomic mass is 9.85. The van der Waals surface area contributed by atoms with E-state index >= 15 is 0 Å². The van der Waals surface area contributed by atoms with Crippen LogP contribution in [-0.2, 0) is 14.3 Å². The summed E-state index contributed by atoms with van der Waals surface area (Å²) in [7, 11) is 0. The number of Topliss-reactive ketones (excluding diaryl/α,β-unsaturated/α-hetero) is 1. The van der Waals surface area contributed by atoms with Gasteiger partial charge in [-0.2, -0.15) is 0 Å². The number of ether oxygens (including phenoxy) is 1. The first-order valence-electron chi connectivity index (χ1n) is 4.42. The van der Waals surface area contributed by atoms with E-state index < -0.39 is 5.41 Å². The van der Waals surface area contributed by atoms with Crippen molar-refractivity contribution < 1.29 is 14.3 Å². The van der Waals surface area contributed by atoms with Gasteiger partial charge in [-0.3, -0.25) is 9.59 Å². The highest BCUT2D eigenvalue weighted by molar-refractivity contribution is 5.91. The third kappa shape index (κ3) is 1.64. The maximum Gasteiger partial charge on any atom is 0.312 e. The van der Waals surface area contributed by atoms with Crippen molar-refractivity contribution in [1.82, 2.24) is 0 Å². The van der Waals surface area contributed by atoms with Gasteiger partial charge in [0.25, 0.3) is 0 Å². The van der Waals surface area contributed by atoms with Gasteiger partial charge in [-0.05, 0) is 12.8 Å². The maximum absolute atomic E-state index is 11.2. The summed E-state index contributed by atoms with van der Waals surface area (Å²) < 4.78 is 4.85. The minimum Gasteiger partial charge on any atom is -0.465 e. The summed E-state index contributed by atoms with van der Waals surface area (Å²) in [6.07, 6.45) is 2.45. The lowest BCUT2D eigenvalue weighted by molar-refractivity contribution is -0.146. The van der Waals surface area contributed by atoms with Gasteiger partial charge in [0.1, 0.15) is 5.78 Å². The van der Waals surface area contributed by atoms with Gasteiger partial charge in [-0.15, -0.1) is 13.2 Å². The fraction of sp³-hybridized carbons (Fsp3) is 0.600. The highest BCUT2D eigenvalue weighted by Gasteiger charge is 2.49. The van der Waals surface area contributed by atoms with E-state index in [0.717, 1.165) is 6.42 Å². The quantitative estimate of drug-likeness (QED) is 0.421. The van der Waals surface area contributed by atoms with E-state index in [1.807, 2.05) is 0 Å². The molecule has 1 saturated carbocycles. The van der Waals surface area contributed by atoms with Crippen LogP contribution in [-0.4, -0.2) is 18.4 Å². The molecule has 1 heterocycles. The maximum atomic E-state index is 11.2. The summed E-state index contributed by atoms with van der Waals surface area (Å²) in [4.78, 5) is 22.1. The van der Waals surface area contributed by atoms with Crippen LogP contribution in [0.2, 0.25) is 0 Å². The molecule has 0 bridgehead atoms. The molecule has 1 aliphatic carbocycles. The Balaban J connectivity index is 0.000000396. The smallest absolute Gasteiger partial charge is 0.312 e. The number of rotatable bonds is 0. The van der Waals surface area contributed by atoms with Crippen molar-refractivity contribution in [3.63, 3.8) is 0 Å². The van der Waals surface area contributed by atoms with Crippen LogP contribution < -0.4 is 0 Å². The summed E-state index contributed by atoms with van der Waals surface area (Å²) in [5.41, 5.74) is -0.392. The molecule has 0 amide bonds. The Labute approximate surface area is 77.8 Å². The Bertz CT molecular complexity index is 234. The number of carbonyl (C=O) groups is 2. The monoisotopic (exact) mass is 182 g/mol. The fourth-order valence-electron chi connectivity index (χ4n) is 1.91. The van der Waals surface area contributed by atoms with Crippen LogP contribution in [0.25, 0.3) is 0 Å². The van der Waals surface area contributed by atoms with Gasteiger partial charge in [0, 0.05) is 12.8 Å². The number of hydrogen-bond acceptors (Lipinski definition) is 3. The Morgan fingerprint density at radius 2 is 1.92 bits per heavy atom. The molecule has 1 atom stereocenters.